The monoisotopic (exact) mass is 338 g/mol. The second kappa shape index (κ2) is 8.28. The number of carbonyl (C=O) groups excluding carboxylic acids is 2. The van der Waals surface area contributed by atoms with Crippen LogP contribution in [0.25, 0.3) is 0 Å². The molecular formula is C19H22N4O2. The number of amides is 3. The summed E-state index contributed by atoms with van der Waals surface area (Å²) in [5, 5.41) is 5.55. The van der Waals surface area contributed by atoms with E-state index in [-0.39, 0.29) is 11.9 Å². The number of hydrogen-bond acceptors (Lipinski definition) is 3. The molecule has 2 aromatic rings. The molecule has 1 saturated heterocycles. The third-order valence-corrected chi connectivity index (χ3v) is 4.24. The van der Waals surface area contributed by atoms with Crippen molar-refractivity contribution in [3.8, 4) is 0 Å². The summed E-state index contributed by atoms with van der Waals surface area (Å²) in [6.45, 7) is 2.09. The minimum atomic E-state index is -0.285. The van der Waals surface area contributed by atoms with Gasteiger partial charge in [-0.1, -0.05) is 0 Å². The number of nitrogens with zero attached hydrogens (tertiary/aromatic N) is 2. The molecule has 0 radical (unpaired) electrons. The van der Waals surface area contributed by atoms with E-state index in [2.05, 4.69) is 15.6 Å². The first-order valence-electron chi connectivity index (χ1n) is 8.55. The van der Waals surface area contributed by atoms with Crippen molar-refractivity contribution in [2.24, 2.45) is 0 Å². The summed E-state index contributed by atoms with van der Waals surface area (Å²) in [6, 6.07) is 10.4. The third-order valence-electron chi connectivity index (χ3n) is 4.24. The summed E-state index contributed by atoms with van der Waals surface area (Å²) in [7, 11) is 0. The number of pyridine rings is 1. The SMILES string of the molecule is O=C(NCc1ccncc1)Nc1ccc(C(=O)N2CCCCC2)cc1. The van der Waals surface area contributed by atoms with Gasteiger partial charge in [0.25, 0.3) is 5.91 Å². The number of aromatic nitrogens is 1. The van der Waals surface area contributed by atoms with Crippen molar-refractivity contribution in [1.29, 1.82) is 0 Å². The Balaban J connectivity index is 1.51. The number of benzene rings is 1. The summed E-state index contributed by atoms with van der Waals surface area (Å²) in [5.74, 6) is 0.0633. The lowest BCUT2D eigenvalue weighted by Crippen LogP contribution is -2.35. The number of likely N-dealkylation sites (tertiary alicyclic amines) is 1. The molecule has 1 aromatic carbocycles. The lowest BCUT2D eigenvalue weighted by atomic mass is 10.1. The van der Waals surface area contributed by atoms with Gasteiger partial charge in [-0.3, -0.25) is 9.78 Å². The molecule has 1 fully saturated rings. The van der Waals surface area contributed by atoms with Gasteiger partial charge in [0.15, 0.2) is 0 Å². The molecule has 1 aliphatic rings. The highest BCUT2D eigenvalue weighted by Crippen LogP contribution is 2.15. The number of urea groups is 1. The van der Waals surface area contributed by atoms with Crippen LogP contribution in [0.5, 0.6) is 0 Å². The lowest BCUT2D eigenvalue weighted by Gasteiger charge is -2.26. The zero-order chi connectivity index (χ0) is 17.5. The Hall–Kier alpha value is -2.89. The normalized spacial score (nSPS) is 14.0. The van der Waals surface area contributed by atoms with E-state index in [0.29, 0.717) is 17.8 Å². The van der Waals surface area contributed by atoms with Crippen LogP contribution in [-0.4, -0.2) is 34.9 Å². The molecule has 2 heterocycles. The molecular weight excluding hydrogens is 316 g/mol. The molecule has 3 rings (SSSR count). The molecule has 0 unspecified atom stereocenters. The van der Waals surface area contributed by atoms with E-state index in [4.69, 9.17) is 0 Å². The predicted octanol–water partition coefficient (Wildman–Crippen LogP) is 3.03. The smallest absolute Gasteiger partial charge is 0.319 e. The van der Waals surface area contributed by atoms with E-state index in [1.807, 2.05) is 17.0 Å². The zero-order valence-corrected chi connectivity index (χ0v) is 14.1. The van der Waals surface area contributed by atoms with Gasteiger partial charge in [0.05, 0.1) is 0 Å². The molecule has 6 nitrogen and oxygen atoms in total. The lowest BCUT2D eigenvalue weighted by molar-refractivity contribution is 0.0724. The maximum absolute atomic E-state index is 12.4. The summed E-state index contributed by atoms with van der Waals surface area (Å²) in [4.78, 5) is 30.2. The second-order valence-electron chi connectivity index (χ2n) is 6.09. The van der Waals surface area contributed by atoms with Gasteiger partial charge < -0.3 is 15.5 Å². The quantitative estimate of drug-likeness (QED) is 0.900. The number of rotatable bonds is 4. The van der Waals surface area contributed by atoms with E-state index in [9.17, 15) is 9.59 Å². The maximum Gasteiger partial charge on any atom is 0.319 e. The average Bonchev–Trinajstić information content (AvgIpc) is 2.68. The van der Waals surface area contributed by atoms with Crippen LogP contribution < -0.4 is 10.6 Å². The van der Waals surface area contributed by atoms with E-state index < -0.39 is 0 Å². The van der Waals surface area contributed by atoms with Crippen LogP contribution in [0.2, 0.25) is 0 Å². The summed E-state index contributed by atoms with van der Waals surface area (Å²) in [5.41, 5.74) is 2.29. The fourth-order valence-electron chi connectivity index (χ4n) is 2.83. The van der Waals surface area contributed by atoms with Gasteiger partial charge >= 0.3 is 6.03 Å². The van der Waals surface area contributed by atoms with Gasteiger partial charge in [-0.15, -0.1) is 0 Å². The first-order chi connectivity index (χ1) is 12.2. The van der Waals surface area contributed by atoms with Crippen LogP contribution in [0.4, 0.5) is 10.5 Å². The summed E-state index contributed by atoms with van der Waals surface area (Å²) < 4.78 is 0. The highest BCUT2D eigenvalue weighted by Gasteiger charge is 2.17. The fraction of sp³-hybridized carbons (Fsp3) is 0.316. The van der Waals surface area contributed by atoms with Crippen LogP contribution in [0, 0.1) is 0 Å². The minimum absolute atomic E-state index is 0.0633. The highest BCUT2D eigenvalue weighted by molar-refractivity contribution is 5.95. The molecule has 130 valence electrons. The third kappa shape index (κ3) is 4.79. The van der Waals surface area contributed by atoms with Gasteiger partial charge in [-0.05, 0) is 61.2 Å². The molecule has 2 N–H and O–H groups in total. The van der Waals surface area contributed by atoms with Crippen LogP contribution in [0.1, 0.15) is 35.2 Å². The molecule has 3 amide bonds. The standard InChI is InChI=1S/C19H22N4O2/c24-18(23-12-2-1-3-13-23)16-4-6-17(7-5-16)22-19(25)21-14-15-8-10-20-11-9-15/h4-11H,1-3,12-14H2,(H2,21,22,25). The van der Waals surface area contributed by atoms with E-state index >= 15 is 0 Å². The Bertz CT molecular complexity index is 710. The Morgan fingerprint density at radius 2 is 1.64 bits per heavy atom. The minimum Gasteiger partial charge on any atom is -0.339 e. The molecule has 1 aromatic heterocycles. The van der Waals surface area contributed by atoms with Gasteiger partial charge in [-0.2, -0.15) is 0 Å². The second-order valence-corrected chi connectivity index (χ2v) is 6.09. The van der Waals surface area contributed by atoms with Gasteiger partial charge in [0, 0.05) is 43.3 Å². The van der Waals surface area contributed by atoms with E-state index in [0.717, 1.165) is 31.5 Å². The summed E-state index contributed by atoms with van der Waals surface area (Å²) in [6.07, 6.45) is 6.72. The molecule has 0 saturated carbocycles. The van der Waals surface area contributed by atoms with Crippen molar-refractivity contribution in [2.75, 3.05) is 18.4 Å². The molecule has 1 aliphatic heterocycles. The topological polar surface area (TPSA) is 74.3 Å². The fourth-order valence-corrected chi connectivity index (χ4v) is 2.83. The van der Waals surface area contributed by atoms with Crippen molar-refractivity contribution in [3.05, 3.63) is 59.9 Å². The molecule has 25 heavy (non-hydrogen) atoms. The van der Waals surface area contributed by atoms with Crippen molar-refractivity contribution in [3.63, 3.8) is 0 Å². The van der Waals surface area contributed by atoms with Crippen LogP contribution in [0.15, 0.2) is 48.8 Å². The van der Waals surface area contributed by atoms with E-state index in [1.165, 1.54) is 6.42 Å². The Labute approximate surface area is 147 Å². The molecule has 0 bridgehead atoms. The van der Waals surface area contributed by atoms with Crippen molar-refractivity contribution >= 4 is 17.6 Å². The van der Waals surface area contributed by atoms with Crippen molar-refractivity contribution in [1.82, 2.24) is 15.2 Å². The zero-order valence-electron chi connectivity index (χ0n) is 14.1. The van der Waals surface area contributed by atoms with E-state index in [1.54, 1.807) is 36.7 Å². The average molecular weight is 338 g/mol. The Morgan fingerprint density at radius 1 is 0.960 bits per heavy atom. The number of carbonyl (C=O) groups is 2. The van der Waals surface area contributed by atoms with Gasteiger partial charge in [0.2, 0.25) is 0 Å². The highest BCUT2D eigenvalue weighted by atomic mass is 16.2. The van der Waals surface area contributed by atoms with Gasteiger partial charge in [-0.25, -0.2) is 4.79 Å². The maximum atomic E-state index is 12.4. The number of hydrogen-bond donors (Lipinski definition) is 2. The van der Waals surface area contributed by atoms with Crippen molar-refractivity contribution < 1.29 is 9.59 Å². The predicted molar refractivity (Wildman–Crippen MR) is 96.3 cm³/mol. The number of nitrogens with one attached hydrogen (secondary N) is 2. The molecule has 6 heteroatoms. The first kappa shape index (κ1) is 17.0. The Kier molecular flexibility index (Phi) is 5.61. The molecule has 0 aliphatic carbocycles. The Morgan fingerprint density at radius 3 is 2.32 bits per heavy atom. The number of anilines is 1. The first-order valence-corrected chi connectivity index (χ1v) is 8.55. The van der Waals surface area contributed by atoms with Crippen LogP contribution >= 0.6 is 0 Å². The van der Waals surface area contributed by atoms with Crippen LogP contribution in [0.3, 0.4) is 0 Å². The van der Waals surface area contributed by atoms with Crippen LogP contribution in [-0.2, 0) is 6.54 Å². The molecule has 0 atom stereocenters. The summed E-state index contributed by atoms with van der Waals surface area (Å²) >= 11 is 0. The number of piperidine rings is 1. The molecule has 0 spiro atoms. The van der Waals surface area contributed by atoms with Gasteiger partial charge in [0.1, 0.15) is 0 Å². The largest absolute Gasteiger partial charge is 0.339 e. The van der Waals surface area contributed by atoms with Crippen molar-refractivity contribution in [2.45, 2.75) is 25.8 Å².